The Bertz CT molecular complexity index is 491. The Balaban J connectivity index is 1.53. The summed E-state index contributed by atoms with van der Waals surface area (Å²) in [6.45, 7) is 2.36. The molecule has 2 aliphatic rings. The molecule has 1 saturated carbocycles. The summed E-state index contributed by atoms with van der Waals surface area (Å²) in [7, 11) is 0. The van der Waals surface area contributed by atoms with Crippen molar-refractivity contribution < 1.29 is 4.79 Å². The maximum atomic E-state index is 12.6. The zero-order chi connectivity index (χ0) is 15.4. The van der Waals surface area contributed by atoms with Gasteiger partial charge in [0.15, 0.2) is 0 Å². The zero-order valence-electron chi connectivity index (χ0n) is 13.1. The van der Waals surface area contributed by atoms with Crippen LogP contribution in [0, 0.1) is 5.41 Å². The van der Waals surface area contributed by atoms with Gasteiger partial charge >= 0.3 is 0 Å². The van der Waals surface area contributed by atoms with Gasteiger partial charge in [-0.2, -0.15) is 0 Å². The summed E-state index contributed by atoms with van der Waals surface area (Å²) in [5, 5.41) is 3.26. The van der Waals surface area contributed by atoms with Crippen molar-refractivity contribution in [2.45, 2.75) is 44.6 Å². The van der Waals surface area contributed by atoms with Gasteiger partial charge in [-0.1, -0.05) is 18.9 Å². The number of piperidine rings is 1. The standard InChI is InChI=1S/C17H26N4O/c18-13-17(8-2-3-9-17)16(22)20-14-6-11-21(12-7-14)15-5-1-4-10-19-15/h1,4-5,10,14H,2-3,6-9,11-13,18H2,(H,20,22). The summed E-state index contributed by atoms with van der Waals surface area (Å²) in [6.07, 6.45) is 7.93. The number of nitrogens with two attached hydrogens (primary N) is 1. The second kappa shape index (κ2) is 6.65. The molecule has 1 amide bonds. The lowest BCUT2D eigenvalue weighted by atomic mass is 9.84. The molecule has 22 heavy (non-hydrogen) atoms. The molecule has 1 saturated heterocycles. The van der Waals surface area contributed by atoms with Crippen molar-refractivity contribution in [3.8, 4) is 0 Å². The summed E-state index contributed by atoms with van der Waals surface area (Å²) >= 11 is 0. The predicted molar refractivity (Wildman–Crippen MR) is 87.6 cm³/mol. The Morgan fingerprint density at radius 2 is 2.05 bits per heavy atom. The number of pyridine rings is 1. The highest BCUT2D eigenvalue weighted by molar-refractivity contribution is 5.83. The van der Waals surface area contributed by atoms with Crippen LogP contribution in [0.4, 0.5) is 5.82 Å². The van der Waals surface area contributed by atoms with Gasteiger partial charge < -0.3 is 16.0 Å². The molecule has 0 atom stereocenters. The average Bonchev–Trinajstić information content (AvgIpc) is 3.07. The van der Waals surface area contributed by atoms with Gasteiger partial charge in [-0.25, -0.2) is 4.98 Å². The van der Waals surface area contributed by atoms with E-state index in [1.165, 1.54) is 0 Å². The normalized spacial score (nSPS) is 21.8. The third kappa shape index (κ3) is 3.09. The van der Waals surface area contributed by atoms with Crippen LogP contribution in [0.25, 0.3) is 0 Å². The summed E-state index contributed by atoms with van der Waals surface area (Å²) in [5.74, 6) is 1.21. The van der Waals surface area contributed by atoms with Crippen LogP contribution in [0.2, 0.25) is 0 Å². The number of anilines is 1. The first kappa shape index (κ1) is 15.3. The van der Waals surface area contributed by atoms with Crippen molar-refractivity contribution in [2.24, 2.45) is 11.1 Å². The quantitative estimate of drug-likeness (QED) is 0.888. The number of rotatable bonds is 4. The van der Waals surface area contributed by atoms with Crippen molar-refractivity contribution in [3.63, 3.8) is 0 Å². The Morgan fingerprint density at radius 1 is 1.32 bits per heavy atom. The summed E-state index contributed by atoms with van der Waals surface area (Å²) in [5.41, 5.74) is 5.60. The van der Waals surface area contributed by atoms with E-state index in [0.29, 0.717) is 6.54 Å². The average molecular weight is 302 g/mol. The lowest BCUT2D eigenvalue weighted by Crippen LogP contribution is -2.51. The molecule has 2 fully saturated rings. The molecule has 0 aromatic carbocycles. The van der Waals surface area contributed by atoms with Crippen LogP contribution in [-0.2, 0) is 4.79 Å². The molecule has 0 unspecified atom stereocenters. The SMILES string of the molecule is NCC1(C(=O)NC2CCN(c3ccccn3)CC2)CCCC1. The molecule has 120 valence electrons. The van der Waals surface area contributed by atoms with Gasteiger partial charge in [0, 0.05) is 31.9 Å². The van der Waals surface area contributed by atoms with E-state index < -0.39 is 0 Å². The van der Waals surface area contributed by atoms with Gasteiger partial charge in [-0.15, -0.1) is 0 Å². The van der Waals surface area contributed by atoms with Crippen LogP contribution in [0.3, 0.4) is 0 Å². The molecular weight excluding hydrogens is 276 g/mol. The summed E-state index contributed by atoms with van der Waals surface area (Å²) in [6, 6.07) is 6.27. The van der Waals surface area contributed by atoms with Gasteiger partial charge in [0.1, 0.15) is 5.82 Å². The monoisotopic (exact) mass is 302 g/mol. The first-order valence-electron chi connectivity index (χ1n) is 8.40. The maximum Gasteiger partial charge on any atom is 0.227 e. The number of hydrogen-bond acceptors (Lipinski definition) is 4. The fourth-order valence-electron chi connectivity index (χ4n) is 3.71. The highest BCUT2D eigenvalue weighted by Gasteiger charge is 2.40. The van der Waals surface area contributed by atoms with E-state index >= 15 is 0 Å². The Morgan fingerprint density at radius 3 is 2.64 bits per heavy atom. The Kier molecular flexibility index (Phi) is 4.62. The summed E-state index contributed by atoms with van der Waals surface area (Å²) < 4.78 is 0. The number of nitrogens with one attached hydrogen (secondary N) is 1. The number of amides is 1. The van der Waals surface area contributed by atoms with Crippen molar-refractivity contribution in [2.75, 3.05) is 24.5 Å². The van der Waals surface area contributed by atoms with Crippen LogP contribution in [0.15, 0.2) is 24.4 Å². The van der Waals surface area contributed by atoms with Crippen molar-refractivity contribution in [3.05, 3.63) is 24.4 Å². The van der Waals surface area contributed by atoms with Crippen LogP contribution < -0.4 is 16.0 Å². The second-order valence-corrected chi connectivity index (χ2v) is 6.61. The Labute approximate surface area is 132 Å². The smallest absolute Gasteiger partial charge is 0.227 e. The Hall–Kier alpha value is -1.62. The number of carbonyl (C=O) groups excluding carboxylic acids is 1. The van der Waals surface area contributed by atoms with Gasteiger partial charge in [-0.05, 0) is 37.8 Å². The van der Waals surface area contributed by atoms with Crippen molar-refractivity contribution >= 4 is 11.7 Å². The largest absolute Gasteiger partial charge is 0.356 e. The number of carbonyl (C=O) groups is 1. The molecular formula is C17H26N4O. The van der Waals surface area contributed by atoms with Crippen LogP contribution in [0.1, 0.15) is 38.5 Å². The molecule has 5 nitrogen and oxygen atoms in total. The third-order valence-corrected chi connectivity index (χ3v) is 5.24. The topological polar surface area (TPSA) is 71.2 Å². The van der Waals surface area contributed by atoms with Gasteiger partial charge in [-0.3, -0.25) is 4.79 Å². The van der Waals surface area contributed by atoms with Crippen molar-refractivity contribution in [1.29, 1.82) is 0 Å². The maximum absolute atomic E-state index is 12.6. The molecule has 0 radical (unpaired) electrons. The van der Waals surface area contributed by atoms with E-state index in [-0.39, 0.29) is 17.4 Å². The predicted octanol–water partition coefficient (Wildman–Crippen LogP) is 1.69. The van der Waals surface area contributed by atoms with E-state index in [9.17, 15) is 4.79 Å². The molecule has 0 bridgehead atoms. The lowest BCUT2D eigenvalue weighted by molar-refractivity contribution is -0.131. The van der Waals surface area contributed by atoms with Gasteiger partial charge in [0.25, 0.3) is 0 Å². The van der Waals surface area contributed by atoms with E-state index in [0.717, 1.165) is 57.4 Å². The number of aromatic nitrogens is 1. The molecule has 5 heteroatoms. The van der Waals surface area contributed by atoms with Crippen LogP contribution in [-0.4, -0.2) is 36.6 Å². The van der Waals surface area contributed by atoms with Gasteiger partial charge in [0.2, 0.25) is 5.91 Å². The minimum Gasteiger partial charge on any atom is -0.356 e. The van der Waals surface area contributed by atoms with Crippen molar-refractivity contribution in [1.82, 2.24) is 10.3 Å². The number of hydrogen-bond donors (Lipinski definition) is 2. The molecule has 1 aliphatic carbocycles. The fraction of sp³-hybridized carbons (Fsp3) is 0.647. The molecule has 3 rings (SSSR count). The first-order valence-corrected chi connectivity index (χ1v) is 8.40. The minimum absolute atomic E-state index is 0.184. The van der Waals surface area contributed by atoms with E-state index in [2.05, 4.69) is 15.2 Å². The van der Waals surface area contributed by atoms with E-state index in [4.69, 9.17) is 5.73 Å². The highest BCUT2D eigenvalue weighted by atomic mass is 16.2. The van der Waals surface area contributed by atoms with E-state index in [1.54, 1.807) is 0 Å². The van der Waals surface area contributed by atoms with Crippen LogP contribution >= 0.6 is 0 Å². The molecule has 1 aromatic heterocycles. The molecule has 0 spiro atoms. The third-order valence-electron chi connectivity index (χ3n) is 5.24. The highest BCUT2D eigenvalue weighted by Crippen LogP contribution is 2.37. The minimum atomic E-state index is -0.294. The zero-order valence-corrected chi connectivity index (χ0v) is 13.1. The van der Waals surface area contributed by atoms with Crippen LogP contribution in [0.5, 0.6) is 0 Å². The molecule has 1 aliphatic heterocycles. The summed E-state index contributed by atoms with van der Waals surface area (Å²) in [4.78, 5) is 19.3. The van der Waals surface area contributed by atoms with E-state index in [1.807, 2.05) is 24.4 Å². The number of nitrogens with zero attached hydrogens (tertiary/aromatic N) is 2. The molecule has 3 N–H and O–H groups in total. The second-order valence-electron chi connectivity index (χ2n) is 6.61. The fourth-order valence-corrected chi connectivity index (χ4v) is 3.71. The van der Waals surface area contributed by atoms with Gasteiger partial charge in [0.05, 0.1) is 5.41 Å². The molecule has 1 aromatic rings. The first-order chi connectivity index (χ1) is 10.7. The molecule has 2 heterocycles. The lowest BCUT2D eigenvalue weighted by Gasteiger charge is -2.35.